The molecule has 17 nitrogen and oxygen atoms in total. The van der Waals surface area contributed by atoms with Crippen LogP contribution in [0.5, 0.6) is 23.0 Å². The van der Waals surface area contributed by atoms with E-state index >= 15 is 8.78 Å². The maximum Gasteiger partial charge on any atom is 0.293 e. The molecule has 408 valence electrons. The third kappa shape index (κ3) is 11.3. The summed E-state index contributed by atoms with van der Waals surface area (Å²) in [7, 11) is -1.56. The van der Waals surface area contributed by atoms with Gasteiger partial charge in [0.25, 0.3) is 21.6 Å². The monoisotopic (exact) mass is 1080 g/mol. The molecule has 10 rings (SSSR count). The lowest BCUT2D eigenvalue weighted by Gasteiger charge is -2.58. The molecule has 3 N–H and O–H groups in total. The normalized spacial score (nSPS) is 19.0. The largest absolute Gasteiger partial charge is 0.493 e. The Kier molecular flexibility index (Phi) is 15.2. The fourth-order valence-corrected chi connectivity index (χ4v) is 12.6. The number of nitrogens with one attached hydrogen (secondary N) is 3. The van der Waals surface area contributed by atoms with Crippen molar-refractivity contribution in [1.82, 2.24) is 24.5 Å². The van der Waals surface area contributed by atoms with Crippen LogP contribution in [0.25, 0.3) is 11.0 Å². The van der Waals surface area contributed by atoms with Crippen molar-refractivity contribution in [2.75, 3.05) is 76.9 Å². The summed E-state index contributed by atoms with van der Waals surface area (Å²) in [5.41, 5.74) is 1.21. The summed E-state index contributed by atoms with van der Waals surface area (Å²) in [6, 6.07) is 21.8. The van der Waals surface area contributed by atoms with Gasteiger partial charge in [-0.15, -0.1) is 0 Å². The number of hydrogen-bond acceptors (Lipinski definition) is 14. The van der Waals surface area contributed by atoms with Gasteiger partial charge in [-0.3, -0.25) is 24.7 Å². The lowest BCUT2D eigenvalue weighted by molar-refractivity contribution is -0.384. The molecule has 6 aromatic rings. The van der Waals surface area contributed by atoms with Crippen molar-refractivity contribution in [3.05, 3.63) is 135 Å². The fraction of sp³-hybridized carbons (Fsp3) is 0.429. The summed E-state index contributed by atoms with van der Waals surface area (Å²) < 4.78 is 98.7. The third-order valence-corrected chi connectivity index (χ3v) is 17.3. The summed E-state index contributed by atoms with van der Waals surface area (Å²) in [4.78, 5) is 38.8. The number of alkyl halides is 1. The second-order valence-electron chi connectivity index (χ2n) is 21.1. The molecule has 1 saturated carbocycles. The molecule has 0 unspecified atom stereocenters. The summed E-state index contributed by atoms with van der Waals surface area (Å²) in [6.45, 7) is 8.99. The maximum absolute atomic E-state index is 16.6. The van der Waals surface area contributed by atoms with E-state index < -0.39 is 54.3 Å². The molecular formula is C56H63F3N8O9S. The minimum atomic E-state index is -4.85. The number of benzene rings is 4. The summed E-state index contributed by atoms with van der Waals surface area (Å²) in [5, 5.41) is 15.0. The van der Waals surface area contributed by atoms with E-state index in [1.807, 2.05) is 21.8 Å². The minimum Gasteiger partial charge on any atom is -0.493 e. The average molecular weight is 1080 g/mol. The molecule has 77 heavy (non-hydrogen) atoms. The number of hydrogen-bond donors (Lipinski definition) is 3. The predicted molar refractivity (Wildman–Crippen MR) is 284 cm³/mol. The highest BCUT2D eigenvalue weighted by molar-refractivity contribution is 7.90. The number of halogens is 3. The number of nitro benzene ring substituents is 1. The lowest BCUT2D eigenvalue weighted by atomic mass is 9.59. The average Bonchev–Trinajstić information content (AvgIpc) is 3.79. The third-order valence-electron chi connectivity index (χ3n) is 16.0. The fourth-order valence-electron chi connectivity index (χ4n) is 11.7. The highest BCUT2D eigenvalue weighted by atomic mass is 32.2. The van der Waals surface area contributed by atoms with E-state index in [4.69, 9.17) is 18.9 Å². The summed E-state index contributed by atoms with van der Waals surface area (Å²) >= 11 is 0. The van der Waals surface area contributed by atoms with Crippen LogP contribution in [0.3, 0.4) is 0 Å². The minimum absolute atomic E-state index is 0.0192. The number of piperazine rings is 1. The molecule has 0 radical (unpaired) electrons. The molecule has 21 heteroatoms. The van der Waals surface area contributed by atoms with Crippen LogP contribution >= 0.6 is 0 Å². The SMILES string of the molecule is COc1ccc(CN2CCN(C3CC4(CCN(c5cc(Oc6cnc7[nH]cc(F)c7c6)c(C(=O)NS(=O)(=O)c6ccc(NCC7(F)CCOCC7)c([N+](=O)[O-])c6)cc5F)CC4)C3)[C@H](c3ccccc3C(C)C)C2)cc1OC. The van der Waals surface area contributed by atoms with Gasteiger partial charge in [-0.05, 0) is 90.1 Å². The molecule has 1 aliphatic carbocycles. The van der Waals surface area contributed by atoms with Crippen molar-refractivity contribution < 1.29 is 50.3 Å². The molecule has 4 aliphatic rings. The second kappa shape index (κ2) is 21.8. The van der Waals surface area contributed by atoms with E-state index in [0.717, 1.165) is 87.9 Å². The number of carbonyl (C=O) groups excluding carboxylic acids is 1. The summed E-state index contributed by atoms with van der Waals surface area (Å²) in [5.74, 6) is -1.25. The Labute approximate surface area is 445 Å². The second-order valence-corrected chi connectivity index (χ2v) is 22.8. The van der Waals surface area contributed by atoms with Crippen molar-refractivity contribution in [2.45, 2.75) is 87.5 Å². The van der Waals surface area contributed by atoms with E-state index in [1.54, 1.807) is 14.2 Å². The Morgan fingerprint density at radius 1 is 0.922 bits per heavy atom. The maximum atomic E-state index is 16.6. The van der Waals surface area contributed by atoms with Crippen molar-refractivity contribution in [1.29, 1.82) is 0 Å². The van der Waals surface area contributed by atoms with Crippen LogP contribution in [0.2, 0.25) is 0 Å². The van der Waals surface area contributed by atoms with Gasteiger partial charge >= 0.3 is 0 Å². The molecule has 1 amide bonds. The van der Waals surface area contributed by atoms with E-state index in [0.29, 0.717) is 36.5 Å². The quantitative estimate of drug-likeness (QED) is 0.0577. The van der Waals surface area contributed by atoms with Crippen molar-refractivity contribution in [3.63, 3.8) is 0 Å². The van der Waals surface area contributed by atoms with Crippen LogP contribution in [-0.4, -0.2) is 117 Å². The first-order valence-corrected chi connectivity index (χ1v) is 27.5. The number of ether oxygens (including phenoxy) is 4. The van der Waals surface area contributed by atoms with Crippen LogP contribution < -0.4 is 29.1 Å². The van der Waals surface area contributed by atoms with Gasteiger partial charge in [-0.2, -0.15) is 0 Å². The molecule has 0 bridgehead atoms. The van der Waals surface area contributed by atoms with E-state index in [2.05, 4.69) is 69.3 Å². The first-order valence-electron chi connectivity index (χ1n) is 26.0. The summed E-state index contributed by atoms with van der Waals surface area (Å²) in [6.07, 6.45) is 6.10. The van der Waals surface area contributed by atoms with Gasteiger partial charge in [0.05, 0.1) is 46.9 Å². The van der Waals surface area contributed by atoms with Crippen LogP contribution in [0, 0.1) is 27.2 Å². The van der Waals surface area contributed by atoms with E-state index in [-0.39, 0.29) is 78.0 Å². The van der Waals surface area contributed by atoms with E-state index in [1.165, 1.54) is 29.5 Å². The molecule has 3 aliphatic heterocycles. The van der Waals surface area contributed by atoms with Crippen molar-refractivity contribution in [2.24, 2.45) is 5.41 Å². The molecule has 4 aromatic carbocycles. The van der Waals surface area contributed by atoms with Gasteiger partial charge < -0.3 is 34.1 Å². The van der Waals surface area contributed by atoms with Gasteiger partial charge in [0.15, 0.2) is 11.5 Å². The zero-order valence-electron chi connectivity index (χ0n) is 43.5. The number of aromatic nitrogens is 2. The molecular weight excluding hydrogens is 1020 g/mol. The number of nitrogens with zero attached hydrogens (tertiary/aromatic N) is 5. The zero-order valence-corrected chi connectivity index (χ0v) is 44.3. The number of piperidine rings is 1. The van der Waals surface area contributed by atoms with E-state index in [9.17, 15) is 27.7 Å². The zero-order chi connectivity index (χ0) is 54.2. The number of methoxy groups -OCH3 is 2. The van der Waals surface area contributed by atoms with Crippen LogP contribution in [0.1, 0.15) is 91.4 Å². The lowest BCUT2D eigenvalue weighted by Crippen LogP contribution is -2.60. The number of aromatic amines is 1. The molecule has 4 fully saturated rings. The topological polar surface area (TPSA) is 194 Å². The number of amides is 1. The van der Waals surface area contributed by atoms with Crippen LogP contribution in [0.4, 0.5) is 30.2 Å². The first kappa shape index (κ1) is 53.5. The predicted octanol–water partition coefficient (Wildman–Crippen LogP) is 10.0. The van der Waals surface area contributed by atoms with Gasteiger partial charge in [-0.25, -0.2) is 31.3 Å². The van der Waals surface area contributed by atoms with Crippen molar-refractivity contribution in [3.8, 4) is 23.0 Å². The Morgan fingerprint density at radius 3 is 2.40 bits per heavy atom. The van der Waals surface area contributed by atoms with Crippen LogP contribution in [0.15, 0.2) is 96.2 Å². The molecule has 1 atom stereocenters. The molecule has 5 heterocycles. The Balaban J connectivity index is 0.859. The number of H-pyrrole nitrogens is 1. The van der Waals surface area contributed by atoms with Crippen molar-refractivity contribution >= 4 is 44.0 Å². The molecule has 2 aromatic heterocycles. The van der Waals surface area contributed by atoms with Gasteiger partial charge in [0, 0.05) is 102 Å². The number of nitro groups is 1. The number of carbonyl (C=O) groups is 1. The number of sulfonamides is 1. The van der Waals surface area contributed by atoms with Crippen LogP contribution in [-0.2, 0) is 21.3 Å². The first-order chi connectivity index (χ1) is 36.9. The smallest absolute Gasteiger partial charge is 0.293 e. The van der Waals surface area contributed by atoms with Gasteiger partial charge in [-0.1, -0.05) is 44.2 Å². The number of pyridine rings is 1. The number of rotatable bonds is 17. The molecule has 1 spiro atoms. The highest BCUT2D eigenvalue weighted by Gasteiger charge is 2.50. The number of anilines is 2. The standard InChI is InChI=1S/C56H63F3N8O9S/c1-35(2)40-7-5-6-8-41(40)49-33-64(32-36-9-12-50(73-3)52(23-36)74-4)19-20-66(49)37-28-55(29-37)13-17-65(18-14-55)47-27-51(76-38-24-42-45(58)31-61-53(42)60-30-38)43(26-44(47)57)54(68)63-77(71,72)39-10-11-46(48(25-39)67(69)70)62-34-56(59)15-21-75-22-16-56/h5-12,23-27,30-31,35,37,49,62H,13-22,28-29,32-34H2,1-4H3,(H,60,61)(H,63,68)/t49-/m0/s1. The number of fused-ring (bicyclic) bond motifs is 1. The Morgan fingerprint density at radius 2 is 1.68 bits per heavy atom. The Bertz CT molecular complexity index is 3280. The van der Waals surface area contributed by atoms with Gasteiger partial charge in [0.2, 0.25) is 0 Å². The Hall–Kier alpha value is -6.94. The van der Waals surface area contributed by atoms with Gasteiger partial charge in [0.1, 0.15) is 40.1 Å². The molecule has 3 saturated heterocycles. The highest BCUT2D eigenvalue weighted by Crippen LogP contribution is 2.54.